The van der Waals surface area contributed by atoms with Gasteiger partial charge in [-0.1, -0.05) is 0 Å². The third-order valence-corrected chi connectivity index (χ3v) is 4.20. The van der Waals surface area contributed by atoms with Crippen LogP contribution in [0.1, 0.15) is 18.9 Å². The Balaban J connectivity index is 1.65. The number of amides is 2. The Labute approximate surface area is 126 Å². The van der Waals surface area contributed by atoms with Crippen molar-refractivity contribution >= 4 is 11.8 Å². The first-order valence-electron chi connectivity index (χ1n) is 7.24. The smallest absolute Gasteiger partial charge is 0.245 e. The van der Waals surface area contributed by atoms with E-state index in [1.54, 1.807) is 11.8 Å². The molecule has 0 aromatic heterocycles. The number of piperazine rings is 1. The van der Waals surface area contributed by atoms with Crippen LogP contribution in [0.5, 0.6) is 0 Å². The molecule has 2 heterocycles. The van der Waals surface area contributed by atoms with E-state index in [4.69, 9.17) is 0 Å². The topological polar surface area (TPSA) is 61.4 Å². The van der Waals surface area contributed by atoms with Crippen molar-refractivity contribution in [2.45, 2.75) is 38.0 Å². The molecule has 5 nitrogen and oxygen atoms in total. The van der Waals surface area contributed by atoms with Crippen molar-refractivity contribution in [2.24, 2.45) is 0 Å². The van der Waals surface area contributed by atoms with E-state index in [1.807, 2.05) is 0 Å². The Morgan fingerprint density at radius 1 is 1.36 bits per heavy atom. The molecule has 2 N–H and O–H groups in total. The molecule has 0 aliphatic carbocycles. The minimum absolute atomic E-state index is 0.106. The van der Waals surface area contributed by atoms with E-state index in [0.29, 0.717) is 13.0 Å². The first-order chi connectivity index (χ1) is 10.5. The van der Waals surface area contributed by atoms with Gasteiger partial charge < -0.3 is 15.5 Å². The second kappa shape index (κ2) is 5.64. The summed E-state index contributed by atoms with van der Waals surface area (Å²) in [6.07, 6.45) is 0.473. The van der Waals surface area contributed by atoms with E-state index in [1.165, 1.54) is 0 Å². The van der Waals surface area contributed by atoms with Crippen LogP contribution >= 0.6 is 0 Å². The molecule has 118 valence electrons. The van der Waals surface area contributed by atoms with Crippen LogP contribution in [0.3, 0.4) is 0 Å². The van der Waals surface area contributed by atoms with Gasteiger partial charge in [0.15, 0.2) is 0 Å². The number of hydrogen-bond acceptors (Lipinski definition) is 3. The van der Waals surface area contributed by atoms with Gasteiger partial charge in [-0.15, -0.1) is 0 Å². The molecule has 2 amide bonds. The van der Waals surface area contributed by atoms with Crippen LogP contribution in [-0.2, 0) is 16.1 Å². The highest BCUT2D eigenvalue weighted by Gasteiger charge is 2.44. The molecule has 0 unspecified atom stereocenters. The lowest BCUT2D eigenvalue weighted by atomic mass is 10.1. The Kier molecular flexibility index (Phi) is 3.82. The molecular weight excluding hydrogens is 292 g/mol. The van der Waals surface area contributed by atoms with Crippen LogP contribution in [0.25, 0.3) is 0 Å². The number of nitrogens with one attached hydrogen (secondary N) is 2. The summed E-state index contributed by atoms with van der Waals surface area (Å²) in [6.45, 7) is 2.21. The SMILES string of the molecule is C[C@@H]1NC(=O)[C@@H]2C[C@H](NCc3cc(F)ccc3F)CN2C1=O. The van der Waals surface area contributed by atoms with Gasteiger partial charge in [-0.25, -0.2) is 8.78 Å². The van der Waals surface area contributed by atoms with Gasteiger partial charge in [-0.3, -0.25) is 9.59 Å². The summed E-state index contributed by atoms with van der Waals surface area (Å²) in [5, 5.41) is 5.74. The van der Waals surface area contributed by atoms with E-state index < -0.39 is 23.7 Å². The highest BCUT2D eigenvalue weighted by Crippen LogP contribution is 2.23. The predicted octanol–water partition coefficient (Wildman–Crippen LogP) is 0.542. The van der Waals surface area contributed by atoms with E-state index in [2.05, 4.69) is 10.6 Å². The lowest BCUT2D eigenvalue weighted by molar-refractivity contribution is -0.146. The highest BCUT2D eigenvalue weighted by atomic mass is 19.1. The van der Waals surface area contributed by atoms with Gasteiger partial charge in [0.2, 0.25) is 11.8 Å². The fraction of sp³-hybridized carbons (Fsp3) is 0.467. The third kappa shape index (κ3) is 2.68. The molecule has 2 aliphatic rings. The lowest BCUT2D eigenvalue weighted by Gasteiger charge is -2.32. The Morgan fingerprint density at radius 2 is 2.14 bits per heavy atom. The third-order valence-electron chi connectivity index (χ3n) is 4.20. The zero-order valence-electron chi connectivity index (χ0n) is 12.1. The maximum absolute atomic E-state index is 13.6. The van der Waals surface area contributed by atoms with E-state index >= 15 is 0 Å². The average molecular weight is 309 g/mol. The van der Waals surface area contributed by atoms with Crippen molar-refractivity contribution in [3.63, 3.8) is 0 Å². The first-order valence-corrected chi connectivity index (χ1v) is 7.24. The van der Waals surface area contributed by atoms with Gasteiger partial charge in [0.05, 0.1) is 0 Å². The Morgan fingerprint density at radius 3 is 2.91 bits per heavy atom. The predicted molar refractivity (Wildman–Crippen MR) is 74.7 cm³/mol. The minimum atomic E-state index is -0.511. The number of rotatable bonds is 3. The first kappa shape index (κ1) is 14.9. The molecule has 0 bridgehead atoms. The minimum Gasteiger partial charge on any atom is -0.343 e. The zero-order chi connectivity index (χ0) is 15.9. The van der Waals surface area contributed by atoms with Gasteiger partial charge in [0.1, 0.15) is 23.7 Å². The van der Waals surface area contributed by atoms with Crippen LogP contribution < -0.4 is 10.6 Å². The van der Waals surface area contributed by atoms with Crippen LogP contribution in [0.15, 0.2) is 18.2 Å². The second-order valence-corrected chi connectivity index (χ2v) is 5.79. The van der Waals surface area contributed by atoms with Crippen LogP contribution in [0.4, 0.5) is 8.78 Å². The lowest BCUT2D eigenvalue weighted by Crippen LogP contribution is -2.60. The van der Waals surface area contributed by atoms with Crippen molar-refractivity contribution in [1.82, 2.24) is 15.5 Å². The van der Waals surface area contributed by atoms with Crippen molar-refractivity contribution in [3.8, 4) is 0 Å². The number of fused-ring (bicyclic) bond motifs is 1. The zero-order valence-corrected chi connectivity index (χ0v) is 12.1. The number of carbonyl (C=O) groups excluding carboxylic acids is 2. The molecule has 7 heteroatoms. The average Bonchev–Trinajstić information content (AvgIpc) is 2.91. The number of nitrogens with zero attached hydrogens (tertiary/aromatic N) is 1. The van der Waals surface area contributed by atoms with E-state index in [9.17, 15) is 18.4 Å². The maximum Gasteiger partial charge on any atom is 0.245 e. The van der Waals surface area contributed by atoms with Crippen molar-refractivity contribution in [1.29, 1.82) is 0 Å². The fourth-order valence-electron chi connectivity index (χ4n) is 3.03. The molecule has 2 fully saturated rings. The summed E-state index contributed by atoms with van der Waals surface area (Å²) in [5.41, 5.74) is 0.231. The van der Waals surface area contributed by atoms with Crippen LogP contribution in [0, 0.1) is 11.6 Å². The number of carbonyl (C=O) groups is 2. The van der Waals surface area contributed by atoms with Crippen molar-refractivity contribution in [2.75, 3.05) is 6.54 Å². The summed E-state index contributed by atoms with van der Waals surface area (Å²) in [4.78, 5) is 25.5. The summed E-state index contributed by atoms with van der Waals surface area (Å²) in [7, 11) is 0. The van der Waals surface area contributed by atoms with Gasteiger partial charge in [-0.05, 0) is 31.5 Å². The molecule has 2 saturated heterocycles. The fourth-order valence-corrected chi connectivity index (χ4v) is 3.03. The highest BCUT2D eigenvalue weighted by molar-refractivity contribution is 5.97. The number of benzene rings is 1. The molecule has 22 heavy (non-hydrogen) atoms. The standard InChI is InChI=1S/C15H17F2N3O2/c1-8-15(22)20-7-11(5-13(20)14(21)19-8)18-6-9-4-10(16)2-3-12(9)17/h2-4,8,11,13,18H,5-7H2,1H3,(H,19,21)/t8-,11-,13-/m0/s1. The van der Waals surface area contributed by atoms with Gasteiger partial charge in [-0.2, -0.15) is 0 Å². The van der Waals surface area contributed by atoms with Gasteiger partial charge in [0, 0.05) is 24.7 Å². The number of halogens is 2. The summed E-state index contributed by atoms with van der Waals surface area (Å²) >= 11 is 0. The number of hydrogen-bond donors (Lipinski definition) is 2. The monoisotopic (exact) mass is 309 g/mol. The van der Waals surface area contributed by atoms with Gasteiger partial charge >= 0.3 is 0 Å². The Bertz CT molecular complexity index is 623. The molecule has 1 aromatic carbocycles. The van der Waals surface area contributed by atoms with E-state index in [0.717, 1.165) is 18.2 Å². The summed E-state index contributed by atoms with van der Waals surface area (Å²) in [6, 6.07) is 2.20. The van der Waals surface area contributed by atoms with Crippen LogP contribution in [0.2, 0.25) is 0 Å². The molecular formula is C15H17F2N3O2. The van der Waals surface area contributed by atoms with Crippen LogP contribution in [-0.4, -0.2) is 41.4 Å². The normalized spacial score (nSPS) is 27.8. The van der Waals surface area contributed by atoms with Gasteiger partial charge in [0.25, 0.3) is 0 Å². The molecule has 3 atom stereocenters. The quantitative estimate of drug-likeness (QED) is 0.857. The summed E-state index contributed by atoms with van der Waals surface area (Å²) in [5.74, 6) is -1.24. The largest absolute Gasteiger partial charge is 0.343 e. The molecule has 3 rings (SSSR count). The molecule has 0 spiro atoms. The van der Waals surface area contributed by atoms with Crippen molar-refractivity contribution in [3.05, 3.63) is 35.4 Å². The summed E-state index contributed by atoms with van der Waals surface area (Å²) < 4.78 is 26.7. The molecule has 0 saturated carbocycles. The second-order valence-electron chi connectivity index (χ2n) is 5.79. The van der Waals surface area contributed by atoms with Crippen molar-refractivity contribution < 1.29 is 18.4 Å². The molecule has 0 radical (unpaired) electrons. The maximum atomic E-state index is 13.6. The van der Waals surface area contributed by atoms with E-state index in [-0.39, 0.29) is 30.0 Å². The Hall–Kier alpha value is -2.02. The molecule has 2 aliphatic heterocycles. The molecule has 1 aromatic rings.